The second-order valence-electron chi connectivity index (χ2n) is 4.79. The second kappa shape index (κ2) is 6.00. The molecule has 0 aliphatic carbocycles. The Hall–Kier alpha value is -1.95. The number of rotatable bonds is 5. The first-order valence-corrected chi connectivity index (χ1v) is 6.33. The number of halogens is 1. The van der Waals surface area contributed by atoms with Gasteiger partial charge in [-0.2, -0.15) is 0 Å². The highest BCUT2D eigenvalue weighted by Gasteiger charge is 2.41. The smallest absolute Gasteiger partial charge is 0.267 e. The van der Waals surface area contributed by atoms with Crippen molar-refractivity contribution in [1.82, 2.24) is 5.32 Å². The van der Waals surface area contributed by atoms with Crippen molar-refractivity contribution >= 4 is 11.6 Å². The normalized spacial score (nSPS) is 21.2. The van der Waals surface area contributed by atoms with Crippen molar-refractivity contribution in [3.63, 3.8) is 0 Å². The Bertz CT molecular complexity index is 516. The summed E-state index contributed by atoms with van der Waals surface area (Å²) in [7, 11) is 1.57. The molecular weight excluding hydrogens is 263 g/mol. The van der Waals surface area contributed by atoms with E-state index in [1.165, 1.54) is 12.1 Å². The van der Waals surface area contributed by atoms with E-state index >= 15 is 0 Å². The minimum atomic E-state index is -1.03. The lowest BCUT2D eigenvalue weighted by Gasteiger charge is -2.20. The highest BCUT2D eigenvalue weighted by atomic mass is 19.1. The van der Waals surface area contributed by atoms with Crippen LogP contribution in [0.5, 0.6) is 0 Å². The molecule has 1 aliphatic heterocycles. The van der Waals surface area contributed by atoms with Gasteiger partial charge in [0.25, 0.3) is 5.91 Å². The summed E-state index contributed by atoms with van der Waals surface area (Å²) in [5.74, 6) is -0.552. The van der Waals surface area contributed by atoms with Crippen molar-refractivity contribution in [2.24, 2.45) is 5.16 Å². The first-order valence-electron chi connectivity index (χ1n) is 6.33. The number of nitrogens with one attached hydrogen (secondary N) is 1. The number of methoxy groups -OCH3 is 1. The number of amides is 1. The van der Waals surface area contributed by atoms with E-state index < -0.39 is 5.60 Å². The Morgan fingerprint density at radius 3 is 2.85 bits per heavy atom. The van der Waals surface area contributed by atoms with E-state index in [9.17, 15) is 9.18 Å². The van der Waals surface area contributed by atoms with Gasteiger partial charge in [0.1, 0.15) is 5.82 Å². The molecule has 1 N–H and O–H groups in total. The Morgan fingerprint density at radius 2 is 2.20 bits per heavy atom. The minimum absolute atomic E-state index is 0.240. The van der Waals surface area contributed by atoms with Gasteiger partial charge in [-0.25, -0.2) is 4.39 Å². The summed E-state index contributed by atoms with van der Waals surface area (Å²) in [6, 6.07) is 5.94. The lowest BCUT2D eigenvalue weighted by Crippen LogP contribution is -2.45. The third-order valence-electron chi connectivity index (χ3n) is 3.11. The predicted octanol–water partition coefficient (Wildman–Crippen LogP) is 1.47. The Morgan fingerprint density at radius 1 is 1.50 bits per heavy atom. The van der Waals surface area contributed by atoms with Gasteiger partial charge >= 0.3 is 0 Å². The van der Waals surface area contributed by atoms with E-state index in [0.29, 0.717) is 25.3 Å². The number of nitrogens with zero attached hydrogens (tertiary/aromatic N) is 1. The van der Waals surface area contributed by atoms with Crippen molar-refractivity contribution in [3.8, 4) is 0 Å². The van der Waals surface area contributed by atoms with Gasteiger partial charge in [0.05, 0.1) is 12.3 Å². The summed E-state index contributed by atoms with van der Waals surface area (Å²) in [5.41, 5.74) is 0.353. The van der Waals surface area contributed by atoms with Gasteiger partial charge in [0.15, 0.2) is 0 Å². The molecule has 0 fully saturated rings. The maximum Gasteiger partial charge on any atom is 0.267 e. The van der Waals surface area contributed by atoms with Gasteiger partial charge in [-0.05, 0) is 24.6 Å². The zero-order valence-electron chi connectivity index (χ0n) is 11.5. The Kier molecular flexibility index (Phi) is 4.34. The molecule has 1 aromatic rings. The molecule has 0 saturated heterocycles. The molecule has 1 atom stereocenters. The summed E-state index contributed by atoms with van der Waals surface area (Å²) in [6.45, 7) is 2.53. The molecule has 2 rings (SSSR count). The molecule has 0 unspecified atom stereocenters. The molecule has 1 amide bonds. The van der Waals surface area contributed by atoms with Crippen LogP contribution in [0.3, 0.4) is 0 Å². The molecule has 0 aromatic heterocycles. The van der Waals surface area contributed by atoms with E-state index in [0.717, 1.165) is 5.56 Å². The lowest BCUT2D eigenvalue weighted by atomic mass is 9.95. The first kappa shape index (κ1) is 14.5. The van der Waals surface area contributed by atoms with Crippen LogP contribution in [0.25, 0.3) is 0 Å². The standard InChI is InChI=1S/C14H17FN2O3/c1-14(13(18)16-7-8-19-2)9-12(17-20-14)10-3-5-11(15)6-4-10/h3-6H,7-9H2,1-2H3,(H,16,18)/t14-/m0/s1. The molecule has 0 bridgehead atoms. The number of carbonyl (C=O) groups excluding carboxylic acids is 1. The van der Waals surface area contributed by atoms with E-state index in [1.54, 1.807) is 26.2 Å². The molecule has 20 heavy (non-hydrogen) atoms. The maximum absolute atomic E-state index is 12.9. The van der Waals surface area contributed by atoms with Crippen LogP contribution in [0.4, 0.5) is 4.39 Å². The van der Waals surface area contributed by atoms with Crippen LogP contribution in [-0.2, 0) is 14.4 Å². The van der Waals surface area contributed by atoms with Gasteiger partial charge in [-0.3, -0.25) is 4.79 Å². The van der Waals surface area contributed by atoms with Crippen LogP contribution >= 0.6 is 0 Å². The predicted molar refractivity (Wildman–Crippen MR) is 71.9 cm³/mol. The molecule has 0 saturated carbocycles. The van der Waals surface area contributed by atoms with Crippen molar-refractivity contribution < 1.29 is 18.8 Å². The molecule has 1 heterocycles. The molecule has 108 valence electrons. The molecule has 0 radical (unpaired) electrons. The van der Waals surface area contributed by atoms with Crippen LogP contribution in [0, 0.1) is 5.82 Å². The third-order valence-corrected chi connectivity index (χ3v) is 3.11. The van der Waals surface area contributed by atoms with Crippen molar-refractivity contribution in [3.05, 3.63) is 35.6 Å². The quantitative estimate of drug-likeness (QED) is 0.831. The zero-order chi connectivity index (χ0) is 14.6. The molecule has 1 aromatic carbocycles. The zero-order valence-corrected chi connectivity index (χ0v) is 11.5. The number of benzene rings is 1. The van der Waals surface area contributed by atoms with Crippen LogP contribution in [-0.4, -0.2) is 37.5 Å². The van der Waals surface area contributed by atoms with Gasteiger partial charge < -0.3 is 14.9 Å². The number of oxime groups is 1. The fourth-order valence-electron chi connectivity index (χ4n) is 1.91. The van der Waals surface area contributed by atoms with Crippen LogP contribution in [0.15, 0.2) is 29.4 Å². The maximum atomic E-state index is 12.9. The second-order valence-corrected chi connectivity index (χ2v) is 4.79. The largest absolute Gasteiger partial charge is 0.383 e. The number of carbonyl (C=O) groups is 1. The van der Waals surface area contributed by atoms with E-state index in [-0.39, 0.29) is 11.7 Å². The fourth-order valence-corrected chi connectivity index (χ4v) is 1.91. The van der Waals surface area contributed by atoms with E-state index in [1.807, 2.05) is 0 Å². The summed E-state index contributed by atoms with van der Waals surface area (Å²) in [5, 5.41) is 6.67. The van der Waals surface area contributed by atoms with Gasteiger partial charge in [-0.1, -0.05) is 17.3 Å². The average molecular weight is 280 g/mol. The van der Waals surface area contributed by atoms with Gasteiger partial charge in [0, 0.05) is 20.1 Å². The number of ether oxygens (including phenoxy) is 1. The highest BCUT2D eigenvalue weighted by Crippen LogP contribution is 2.26. The minimum Gasteiger partial charge on any atom is -0.383 e. The SMILES string of the molecule is COCCNC(=O)[C@]1(C)CC(c2ccc(F)cc2)=NO1. The van der Waals surface area contributed by atoms with Crippen molar-refractivity contribution in [1.29, 1.82) is 0 Å². The number of hydrogen-bond donors (Lipinski definition) is 1. The molecule has 6 heteroatoms. The molecular formula is C14H17FN2O3. The van der Waals surface area contributed by atoms with Gasteiger partial charge in [0.2, 0.25) is 5.60 Å². The molecule has 0 spiro atoms. The van der Waals surface area contributed by atoms with Gasteiger partial charge in [-0.15, -0.1) is 0 Å². The number of hydrogen-bond acceptors (Lipinski definition) is 4. The molecule has 5 nitrogen and oxygen atoms in total. The summed E-state index contributed by atoms with van der Waals surface area (Å²) >= 11 is 0. The Balaban J connectivity index is 1.98. The topological polar surface area (TPSA) is 59.9 Å². The van der Waals surface area contributed by atoms with Crippen LogP contribution in [0.1, 0.15) is 18.9 Å². The monoisotopic (exact) mass is 280 g/mol. The highest BCUT2D eigenvalue weighted by molar-refractivity contribution is 6.05. The fraction of sp³-hybridized carbons (Fsp3) is 0.429. The average Bonchev–Trinajstić information content (AvgIpc) is 2.84. The van der Waals surface area contributed by atoms with E-state index in [4.69, 9.17) is 9.57 Å². The van der Waals surface area contributed by atoms with Crippen LogP contribution < -0.4 is 5.32 Å². The van der Waals surface area contributed by atoms with Crippen molar-refractivity contribution in [2.45, 2.75) is 18.9 Å². The van der Waals surface area contributed by atoms with Crippen molar-refractivity contribution in [2.75, 3.05) is 20.3 Å². The van der Waals surface area contributed by atoms with E-state index in [2.05, 4.69) is 10.5 Å². The third kappa shape index (κ3) is 3.14. The molecule has 1 aliphatic rings. The lowest BCUT2D eigenvalue weighted by molar-refractivity contribution is -0.141. The summed E-state index contributed by atoms with van der Waals surface area (Å²) in [6.07, 6.45) is 0.345. The Labute approximate surface area is 116 Å². The van der Waals surface area contributed by atoms with Crippen LogP contribution in [0.2, 0.25) is 0 Å². The summed E-state index contributed by atoms with van der Waals surface area (Å²) in [4.78, 5) is 17.3. The first-order chi connectivity index (χ1) is 9.55. The summed E-state index contributed by atoms with van der Waals surface area (Å²) < 4.78 is 17.7.